The number of anilines is 2. The smallest absolute Gasteiger partial charge is 0.255 e. The lowest BCUT2D eigenvalue weighted by Gasteiger charge is -2.23. The summed E-state index contributed by atoms with van der Waals surface area (Å²) in [5.41, 5.74) is 1.69. The summed E-state index contributed by atoms with van der Waals surface area (Å²) in [6, 6.07) is 17.4. The Balaban J connectivity index is 1.57. The molecule has 1 aromatic heterocycles. The van der Waals surface area contributed by atoms with E-state index in [9.17, 15) is 9.59 Å². The number of hydrogen-bond donors (Lipinski definition) is 2. The van der Waals surface area contributed by atoms with E-state index in [1.54, 1.807) is 43.5 Å². The molecule has 31 heavy (non-hydrogen) atoms. The third-order valence-corrected chi connectivity index (χ3v) is 5.01. The highest BCUT2D eigenvalue weighted by Crippen LogP contribution is 2.24. The van der Waals surface area contributed by atoms with Crippen LogP contribution in [0.1, 0.15) is 28.8 Å². The zero-order chi connectivity index (χ0) is 22.4. The van der Waals surface area contributed by atoms with Crippen LogP contribution in [-0.4, -0.2) is 36.9 Å². The van der Waals surface area contributed by atoms with Gasteiger partial charge in [-0.3, -0.25) is 14.5 Å². The molecule has 2 aromatic carbocycles. The Labute approximate surface area is 182 Å². The van der Waals surface area contributed by atoms with E-state index >= 15 is 0 Å². The fourth-order valence-electron chi connectivity index (χ4n) is 3.05. The number of benzene rings is 2. The average molecular weight is 421 g/mol. The molecule has 0 bridgehead atoms. The van der Waals surface area contributed by atoms with Crippen molar-refractivity contribution >= 4 is 23.2 Å². The highest BCUT2D eigenvalue weighted by Gasteiger charge is 2.19. The van der Waals surface area contributed by atoms with Crippen LogP contribution < -0.4 is 15.4 Å². The molecule has 1 heterocycles. The van der Waals surface area contributed by atoms with Gasteiger partial charge in [-0.1, -0.05) is 12.1 Å². The molecule has 7 heteroatoms. The number of hydrogen-bond acceptors (Lipinski definition) is 5. The molecule has 2 N–H and O–H groups in total. The monoisotopic (exact) mass is 421 g/mol. The molecular formula is C24H27N3O4. The second-order valence-corrected chi connectivity index (χ2v) is 7.32. The third kappa shape index (κ3) is 5.73. The van der Waals surface area contributed by atoms with Crippen molar-refractivity contribution in [3.05, 3.63) is 77.7 Å². The number of aryl methyl sites for hydroxylation is 1. The first-order valence-corrected chi connectivity index (χ1v) is 9.98. The number of carbonyl (C=O) groups is 2. The fraction of sp³-hybridized carbons (Fsp3) is 0.250. The minimum absolute atomic E-state index is 0.142. The van der Waals surface area contributed by atoms with Crippen LogP contribution in [0.25, 0.3) is 0 Å². The first-order valence-electron chi connectivity index (χ1n) is 9.98. The minimum Gasteiger partial charge on any atom is -0.495 e. The lowest BCUT2D eigenvalue weighted by atomic mass is 10.1. The van der Waals surface area contributed by atoms with E-state index in [-0.39, 0.29) is 17.9 Å². The summed E-state index contributed by atoms with van der Waals surface area (Å²) in [4.78, 5) is 27.0. The van der Waals surface area contributed by atoms with Crippen LogP contribution >= 0.6 is 0 Å². The first kappa shape index (κ1) is 22.1. The molecule has 0 spiro atoms. The predicted molar refractivity (Wildman–Crippen MR) is 120 cm³/mol. The molecule has 0 fully saturated rings. The van der Waals surface area contributed by atoms with Gasteiger partial charge >= 0.3 is 0 Å². The topological polar surface area (TPSA) is 83.8 Å². The summed E-state index contributed by atoms with van der Waals surface area (Å²) in [7, 11) is 3.42. The van der Waals surface area contributed by atoms with Gasteiger partial charge in [-0.2, -0.15) is 0 Å². The van der Waals surface area contributed by atoms with Crippen LogP contribution in [-0.2, 0) is 11.3 Å². The summed E-state index contributed by atoms with van der Waals surface area (Å²) in [5, 5.41) is 5.71. The number of methoxy groups -OCH3 is 1. The van der Waals surface area contributed by atoms with Crippen LogP contribution in [0.2, 0.25) is 0 Å². The maximum atomic E-state index is 12.6. The van der Waals surface area contributed by atoms with E-state index in [2.05, 4.69) is 10.6 Å². The number of nitrogens with zero attached hydrogens (tertiary/aromatic N) is 1. The summed E-state index contributed by atoms with van der Waals surface area (Å²) in [5.74, 6) is 1.84. The number of likely N-dealkylation sites (N-methyl/N-ethyl adjacent to an activating group) is 1. The number of nitrogens with one attached hydrogen (secondary N) is 2. The number of carbonyl (C=O) groups excluding carboxylic acids is 2. The molecule has 7 nitrogen and oxygen atoms in total. The Bertz CT molecular complexity index is 1040. The summed E-state index contributed by atoms with van der Waals surface area (Å²) in [6.45, 7) is 4.25. The Morgan fingerprint density at radius 1 is 1.03 bits per heavy atom. The zero-order valence-electron chi connectivity index (χ0n) is 18.1. The predicted octanol–water partition coefficient (Wildman–Crippen LogP) is 4.31. The Morgan fingerprint density at radius 2 is 1.74 bits per heavy atom. The normalized spacial score (nSPS) is 11.8. The van der Waals surface area contributed by atoms with Gasteiger partial charge < -0.3 is 19.8 Å². The van der Waals surface area contributed by atoms with Crippen molar-refractivity contribution in [1.29, 1.82) is 0 Å². The lowest BCUT2D eigenvalue weighted by molar-refractivity contribution is -0.120. The van der Waals surface area contributed by atoms with E-state index < -0.39 is 0 Å². The molecule has 0 aliphatic rings. The molecule has 0 aliphatic carbocycles. The number of furan rings is 1. The van der Waals surface area contributed by atoms with Crippen molar-refractivity contribution in [2.75, 3.05) is 24.8 Å². The van der Waals surface area contributed by atoms with Crippen molar-refractivity contribution in [1.82, 2.24) is 4.90 Å². The van der Waals surface area contributed by atoms with Crippen LogP contribution in [0.15, 0.2) is 65.1 Å². The van der Waals surface area contributed by atoms with Crippen molar-refractivity contribution in [3.63, 3.8) is 0 Å². The Morgan fingerprint density at radius 3 is 2.39 bits per heavy atom. The maximum absolute atomic E-state index is 12.6. The maximum Gasteiger partial charge on any atom is 0.255 e. The van der Waals surface area contributed by atoms with Gasteiger partial charge in [-0.05, 0) is 69.4 Å². The van der Waals surface area contributed by atoms with Gasteiger partial charge in [0.1, 0.15) is 17.3 Å². The quantitative estimate of drug-likeness (QED) is 0.566. The lowest BCUT2D eigenvalue weighted by Crippen LogP contribution is -2.39. The van der Waals surface area contributed by atoms with Crippen molar-refractivity contribution < 1.29 is 18.7 Å². The van der Waals surface area contributed by atoms with Gasteiger partial charge in [0, 0.05) is 11.3 Å². The van der Waals surface area contributed by atoms with Gasteiger partial charge in [0.2, 0.25) is 5.91 Å². The van der Waals surface area contributed by atoms with E-state index in [1.807, 2.05) is 50.1 Å². The summed E-state index contributed by atoms with van der Waals surface area (Å²) in [6.07, 6.45) is 0. The molecule has 0 saturated heterocycles. The van der Waals surface area contributed by atoms with Gasteiger partial charge in [-0.25, -0.2) is 0 Å². The van der Waals surface area contributed by atoms with Gasteiger partial charge in [0.25, 0.3) is 5.91 Å². The molecule has 162 valence electrons. The molecular weight excluding hydrogens is 394 g/mol. The number of rotatable bonds is 8. The van der Waals surface area contributed by atoms with Gasteiger partial charge in [-0.15, -0.1) is 0 Å². The number of ether oxygens (including phenoxy) is 1. The van der Waals surface area contributed by atoms with E-state index in [1.165, 1.54) is 0 Å². The molecule has 3 aromatic rings. The highest BCUT2D eigenvalue weighted by molar-refractivity contribution is 6.05. The summed E-state index contributed by atoms with van der Waals surface area (Å²) >= 11 is 0. The van der Waals surface area contributed by atoms with Crippen LogP contribution in [0.3, 0.4) is 0 Å². The van der Waals surface area contributed by atoms with E-state index in [0.717, 1.165) is 11.5 Å². The fourth-order valence-corrected chi connectivity index (χ4v) is 3.05. The molecule has 0 saturated carbocycles. The Kier molecular flexibility index (Phi) is 7.10. The molecule has 1 atom stereocenters. The molecule has 2 amide bonds. The zero-order valence-corrected chi connectivity index (χ0v) is 18.1. The van der Waals surface area contributed by atoms with Crippen molar-refractivity contribution in [3.8, 4) is 5.75 Å². The van der Waals surface area contributed by atoms with E-state index in [0.29, 0.717) is 29.2 Å². The van der Waals surface area contributed by atoms with Crippen LogP contribution in [0, 0.1) is 6.92 Å². The SMILES string of the molecule is COc1ccccc1NC(=O)c1ccc(NC(=O)C(C)N(C)Cc2ccc(C)o2)cc1. The standard InChI is InChI=1S/C24H27N3O4/c1-16-9-14-20(31-16)15-27(3)17(2)23(28)25-19-12-10-18(11-13-19)24(29)26-21-7-5-6-8-22(21)30-4/h5-14,17H,15H2,1-4H3,(H,25,28)(H,26,29). The van der Waals surface area contributed by atoms with Gasteiger partial charge in [0.05, 0.1) is 25.4 Å². The second kappa shape index (κ2) is 9.95. The second-order valence-electron chi connectivity index (χ2n) is 7.32. The molecule has 1 unspecified atom stereocenters. The number of amides is 2. The van der Waals surface area contributed by atoms with E-state index in [4.69, 9.17) is 9.15 Å². The molecule has 0 aliphatic heterocycles. The van der Waals surface area contributed by atoms with Crippen LogP contribution in [0.4, 0.5) is 11.4 Å². The molecule has 3 rings (SSSR count). The molecule has 0 radical (unpaired) electrons. The largest absolute Gasteiger partial charge is 0.495 e. The first-order chi connectivity index (χ1) is 14.9. The minimum atomic E-state index is -0.362. The van der Waals surface area contributed by atoms with Crippen LogP contribution in [0.5, 0.6) is 5.75 Å². The summed E-state index contributed by atoms with van der Waals surface area (Å²) < 4.78 is 10.8. The van der Waals surface area contributed by atoms with Gasteiger partial charge in [0.15, 0.2) is 0 Å². The average Bonchev–Trinajstić information content (AvgIpc) is 3.18. The Hall–Kier alpha value is -3.58. The highest BCUT2D eigenvalue weighted by atomic mass is 16.5. The number of para-hydroxylation sites is 2. The van der Waals surface area contributed by atoms with Crippen molar-refractivity contribution in [2.45, 2.75) is 26.4 Å². The van der Waals surface area contributed by atoms with Crippen molar-refractivity contribution in [2.24, 2.45) is 0 Å². The third-order valence-electron chi connectivity index (χ3n) is 5.01.